The average Bonchev–Trinajstić information content (AvgIpc) is 3.07. The first-order chi connectivity index (χ1) is 13.0. The van der Waals surface area contributed by atoms with Gasteiger partial charge in [-0.25, -0.2) is 0 Å². The van der Waals surface area contributed by atoms with E-state index in [4.69, 9.17) is 0 Å². The summed E-state index contributed by atoms with van der Waals surface area (Å²) in [6, 6.07) is 7.47. The van der Waals surface area contributed by atoms with E-state index in [-0.39, 0.29) is 11.8 Å². The highest BCUT2D eigenvalue weighted by Gasteiger charge is 2.24. The molecule has 0 atom stereocenters. The van der Waals surface area contributed by atoms with Gasteiger partial charge in [-0.3, -0.25) is 14.5 Å². The van der Waals surface area contributed by atoms with E-state index in [1.54, 1.807) is 6.33 Å². The van der Waals surface area contributed by atoms with Gasteiger partial charge in [0.05, 0.1) is 6.54 Å². The molecule has 0 spiro atoms. The van der Waals surface area contributed by atoms with Gasteiger partial charge < -0.3 is 15.2 Å². The summed E-state index contributed by atoms with van der Waals surface area (Å²) in [6.07, 6.45) is 3.71. The Hall–Kier alpha value is -2.74. The van der Waals surface area contributed by atoms with E-state index >= 15 is 0 Å². The molecule has 1 aromatic carbocycles. The van der Waals surface area contributed by atoms with Crippen molar-refractivity contribution in [1.82, 2.24) is 25.0 Å². The first kappa shape index (κ1) is 19.0. The highest BCUT2D eigenvalue weighted by molar-refractivity contribution is 5.88. The third kappa shape index (κ3) is 5.37. The van der Waals surface area contributed by atoms with Gasteiger partial charge in [0.25, 0.3) is 0 Å². The molecule has 2 heterocycles. The predicted molar refractivity (Wildman–Crippen MR) is 102 cm³/mol. The predicted octanol–water partition coefficient (Wildman–Crippen LogP) is 1.27. The Morgan fingerprint density at radius 1 is 1.19 bits per heavy atom. The van der Waals surface area contributed by atoms with Crippen LogP contribution in [0.3, 0.4) is 0 Å². The number of aryl methyl sites for hydroxylation is 1. The number of likely N-dealkylation sites (tertiary alicyclic amines) is 1. The minimum atomic E-state index is -0.0982. The number of nitrogens with one attached hydrogen (secondary N) is 2. The number of rotatable bonds is 6. The van der Waals surface area contributed by atoms with Crippen LogP contribution in [0.25, 0.3) is 0 Å². The summed E-state index contributed by atoms with van der Waals surface area (Å²) in [6.45, 7) is 4.14. The third-order valence-electron chi connectivity index (χ3n) is 4.83. The van der Waals surface area contributed by atoms with E-state index in [0.717, 1.165) is 43.0 Å². The molecule has 0 saturated carbocycles. The zero-order valence-corrected chi connectivity index (χ0v) is 15.8. The zero-order valence-electron chi connectivity index (χ0n) is 15.8. The standard InChI is InChI=1S/C19H26N6O2/c1-14(26)22-17-5-3-15(4-6-17)11-20-18(27)12-25-9-7-16(8-10-25)19-23-21-13-24(19)2/h3-6,13,16H,7-12H2,1-2H3,(H,20,27)(H,22,26). The SMILES string of the molecule is CC(=O)Nc1ccc(CNC(=O)CN2CCC(c3nncn3C)CC2)cc1. The fourth-order valence-corrected chi connectivity index (χ4v) is 3.38. The molecule has 1 fully saturated rings. The first-order valence-corrected chi connectivity index (χ1v) is 9.20. The molecule has 2 amide bonds. The van der Waals surface area contributed by atoms with Gasteiger partial charge in [0, 0.05) is 32.1 Å². The van der Waals surface area contributed by atoms with Gasteiger partial charge in [-0.05, 0) is 43.6 Å². The van der Waals surface area contributed by atoms with E-state index in [1.807, 2.05) is 35.9 Å². The summed E-state index contributed by atoms with van der Waals surface area (Å²) in [4.78, 5) is 25.4. The molecule has 0 bridgehead atoms. The molecule has 27 heavy (non-hydrogen) atoms. The molecular formula is C19H26N6O2. The molecule has 8 heteroatoms. The lowest BCUT2D eigenvalue weighted by Gasteiger charge is -2.30. The number of amides is 2. The van der Waals surface area contributed by atoms with Crippen molar-refractivity contribution in [3.63, 3.8) is 0 Å². The minimum Gasteiger partial charge on any atom is -0.351 e. The van der Waals surface area contributed by atoms with Gasteiger partial charge in [-0.2, -0.15) is 0 Å². The number of hydrogen-bond donors (Lipinski definition) is 2. The van der Waals surface area contributed by atoms with Gasteiger partial charge in [0.2, 0.25) is 11.8 Å². The molecular weight excluding hydrogens is 344 g/mol. The molecule has 1 aliphatic rings. The lowest BCUT2D eigenvalue weighted by molar-refractivity contribution is -0.122. The molecule has 2 N–H and O–H groups in total. The van der Waals surface area contributed by atoms with Crippen LogP contribution in [0.2, 0.25) is 0 Å². The monoisotopic (exact) mass is 370 g/mol. The van der Waals surface area contributed by atoms with Crippen LogP contribution in [0.15, 0.2) is 30.6 Å². The number of carbonyl (C=O) groups is 2. The summed E-state index contributed by atoms with van der Waals surface area (Å²) < 4.78 is 1.98. The Morgan fingerprint density at radius 2 is 1.89 bits per heavy atom. The Kier molecular flexibility index (Phi) is 6.18. The van der Waals surface area contributed by atoms with Crippen molar-refractivity contribution in [3.8, 4) is 0 Å². The fraction of sp³-hybridized carbons (Fsp3) is 0.474. The molecule has 0 unspecified atom stereocenters. The molecule has 144 valence electrons. The Bertz CT molecular complexity index is 778. The van der Waals surface area contributed by atoms with Crippen LogP contribution in [-0.2, 0) is 23.2 Å². The van der Waals surface area contributed by atoms with Crippen molar-refractivity contribution in [1.29, 1.82) is 0 Å². The van der Waals surface area contributed by atoms with Crippen LogP contribution in [0.4, 0.5) is 5.69 Å². The van der Waals surface area contributed by atoms with E-state index in [2.05, 4.69) is 25.7 Å². The number of aromatic nitrogens is 3. The maximum Gasteiger partial charge on any atom is 0.234 e. The lowest BCUT2D eigenvalue weighted by Crippen LogP contribution is -2.41. The van der Waals surface area contributed by atoms with Crippen molar-refractivity contribution in [2.24, 2.45) is 7.05 Å². The van der Waals surface area contributed by atoms with Gasteiger partial charge >= 0.3 is 0 Å². The van der Waals surface area contributed by atoms with Crippen LogP contribution in [0.1, 0.15) is 37.1 Å². The smallest absolute Gasteiger partial charge is 0.234 e. The van der Waals surface area contributed by atoms with Crippen molar-refractivity contribution < 1.29 is 9.59 Å². The quantitative estimate of drug-likeness (QED) is 0.799. The molecule has 1 saturated heterocycles. The second-order valence-electron chi connectivity index (χ2n) is 7.01. The average molecular weight is 370 g/mol. The largest absolute Gasteiger partial charge is 0.351 e. The van der Waals surface area contributed by atoms with Crippen LogP contribution in [0, 0.1) is 0 Å². The van der Waals surface area contributed by atoms with E-state index in [0.29, 0.717) is 19.0 Å². The highest BCUT2D eigenvalue weighted by Crippen LogP contribution is 2.25. The fourth-order valence-electron chi connectivity index (χ4n) is 3.38. The first-order valence-electron chi connectivity index (χ1n) is 9.20. The summed E-state index contributed by atoms with van der Waals surface area (Å²) in [5.74, 6) is 1.37. The van der Waals surface area contributed by atoms with Crippen LogP contribution >= 0.6 is 0 Å². The molecule has 1 aliphatic heterocycles. The maximum atomic E-state index is 12.2. The molecule has 0 radical (unpaired) electrons. The zero-order chi connectivity index (χ0) is 19.2. The second kappa shape index (κ2) is 8.77. The molecule has 1 aromatic heterocycles. The summed E-state index contributed by atoms with van der Waals surface area (Å²) in [5, 5.41) is 13.8. The summed E-state index contributed by atoms with van der Waals surface area (Å²) in [7, 11) is 1.97. The molecule has 0 aliphatic carbocycles. The normalized spacial score (nSPS) is 15.5. The van der Waals surface area contributed by atoms with Crippen molar-refractivity contribution in [2.75, 3.05) is 25.0 Å². The van der Waals surface area contributed by atoms with Crippen LogP contribution < -0.4 is 10.6 Å². The Labute approximate surface area is 159 Å². The van der Waals surface area contributed by atoms with E-state index < -0.39 is 0 Å². The third-order valence-corrected chi connectivity index (χ3v) is 4.83. The van der Waals surface area contributed by atoms with Gasteiger partial charge in [0.15, 0.2) is 0 Å². The van der Waals surface area contributed by atoms with Gasteiger partial charge in [-0.1, -0.05) is 12.1 Å². The second-order valence-corrected chi connectivity index (χ2v) is 7.01. The molecule has 8 nitrogen and oxygen atoms in total. The van der Waals surface area contributed by atoms with Crippen LogP contribution in [0.5, 0.6) is 0 Å². The number of anilines is 1. The van der Waals surface area contributed by atoms with Gasteiger partial charge in [0.1, 0.15) is 12.2 Å². The Balaban J connectivity index is 1.40. The highest BCUT2D eigenvalue weighted by atomic mass is 16.2. The van der Waals surface area contributed by atoms with Crippen molar-refractivity contribution in [2.45, 2.75) is 32.2 Å². The van der Waals surface area contributed by atoms with Crippen molar-refractivity contribution in [3.05, 3.63) is 42.0 Å². The van der Waals surface area contributed by atoms with E-state index in [9.17, 15) is 9.59 Å². The topological polar surface area (TPSA) is 92.2 Å². The number of piperidine rings is 1. The minimum absolute atomic E-state index is 0.0260. The van der Waals surface area contributed by atoms with E-state index in [1.165, 1.54) is 6.92 Å². The lowest BCUT2D eigenvalue weighted by atomic mass is 9.96. The Morgan fingerprint density at radius 3 is 2.48 bits per heavy atom. The van der Waals surface area contributed by atoms with Gasteiger partial charge in [-0.15, -0.1) is 10.2 Å². The number of carbonyl (C=O) groups excluding carboxylic acids is 2. The molecule has 3 rings (SSSR count). The molecule has 2 aromatic rings. The number of nitrogens with zero attached hydrogens (tertiary/aromatic N) is 4. The summed E-state index contributed by atoms with van der Waals surface area (Å²) >= 11 is 0. The number of hydrogen-bond acceptors (Lipinski definition) is 5. The van der Waals surface area contributed by atoms with Crippen molar-refractivity contribution >= 4 is 17.5 Å². The number of benzene rings is 1. The summed E-state index contributed by atoms with van der Waals surface area (Å²) in [5.41, 5.74) is 1.75. The maximum absolute atomic E-state index is 12.2. The van der Waals surface area contributed by atoms with Crippen LogP contribution in [-0.4, -0.2) is 51.1 Å².